The Morgan fingerprint density at radius 2 is 1.80 bits per heavy atom. The quantitative estimate of drug-likeness (QED) is 0.920. The molecule has 2 rings (SSSR count). The standard InChI is InChI=1S/C15H13ClO4/c1-9-3-5-13(14(7-9)19-2)20-12-6-4-10(16)8-11(12)15(17)18/h3-8H,1-2H3,(H,17,18). The van der Waals surface area contributed by atoms with Gasteiger partial charge < -0.3 is 14.6 Å². The molecule has 0 aromatic heterocycles. The molecule has 0 saturated heterocycles. The summed E-state index contributed by atoms with van der Waals surface area (Å²) in [5, 5.41) is 9.51. The number of aryl methyl sites for hydroxylation is 1. The normalized spacial score (nSPS) is 10.2. The molecular weight excluding hydrogens is 280 g/mol. The van der Waals surface area contributed by atoms with E-state index in [0.29, 0.717) is 16.5 Å². The summed E-state index contributed by atoms with van der Waals surface area (Å²) < 4.78 is 10.9. The second-order valence-corrected chi connectivity index (χ2v) is 4.64. The van der Waals surface area contributed by atoms with E-state index in [-0.39, 0.29) is 11.3 Å². The Balaban J connectivity index is 2.42. The van der Waals surface area contributed by atoms with Crippen LogP contribution < -0.4 is 9.47 Å². The van der Waals surface area contributed by atoms with Gasteiger partial charge in [0.15, 0.2) is 11.5 Å². The molecule has 0 fully saturated rings. The van der Waals surface area contributed by atoms with Gasteiger partial charge in [-0.05, 0) is 42.8 Å². The molecule has 0 bridgehead atoms. The van der Waals surface area contributed by atoms with Crippen molar-refractivity contribution in [3.05, 3.63) is 52.5 Å². The van der Waals surface area contributed by atoms with Gasteiger partial charge in [-0.15, -0.1) is 0 Å². The molecule has 0 aliphatic carbocycles. The van der Waals surface area contributed by atoms with Crippen LogP contribution in [-0.4, -0.2) is 18.2 Å². The van der Waals surface area contributed by atoms with Crippen LogP contribution in [0.25, 0.3) is 0 Å². The average Bonchev–Trinajstić information content (AvgIpc) is 2.42. The van der Waals surface area contributed by atoms with E-state index < -0.39 is 5.97 Å². The van der Waals surface area contributed by atoms with Crippen LogP contribution in [0.5, 0.6) is 17.2 Å². The van der Waals surface area contributed by atoms with E-state index in [4.69, 9.17) is 26.2 Å². The third-order valence-electron chi connectivity index (χ3n) is 2.71. The Bertz CT molecular complexity index is 652. The lowest BCUT2D eigenvalue weighted by Crippen LogP contribution is -2.00. The molecule has 0 heterocycles. The Kier molecular flexibility index (Phi) is 4.15. The van der Waals surface area contributed by atoms with Crippen molar-refractivity contribution in [1.82, 2.24) is 0 Å². The van der Waals surface area contributed by atoms with Crippen LogP contribution >= 0.6 is 11.6 Å². The summed E-state index contributed by atoms with van der Waals surface area (Å²) in [4.78, 5) is 11.2. The molecule has 0 aliphatic rings. The SMILES string of the molecule is COc1cc(C)ccc1Oc1ccc(Cl)cc1C(=O)O. The number of benzene rings is 2. The largest absolute Gasteiger partial charge is 0.493 e. The summed E-state index contributed by atoms with van der Waals surface area (Å²) in [6.45, 7) is 1.93. The molecule has 104 valence electrons. The van der Waals surface area contributed by atoms with Gasteiger partial charge in [0, 0.05) is 5.02 Å². The molecule has 0 saturated carbocycles. The maximum atomic E-state index is 11.2. The van der Waals surface area contributed by atoms with Gasteiger partial charge in [-0.2, -0.15) is 0 Å². The molecule has 4 nitrogen and oxygen atoms in total. The number of hydrogen-bond acceptors (Lipinski definition) is 3. The van der Waals surface area contributed by atoms with E-state index in [1.165, 1.54) is 19.2 Å². The molecule has 0 radical (unpaired) electrons. The minimum absolute atomic E-state index is 0.000119. The maximum absolute atomic E-state index is 11.2. The minimum Gasteiger partial charge on any atom is -0.493 e. The predicted octanol–water partition coefficient (Wildman–Crippen LogP) is 4.15. The van der Waals surface area contributed by atoms with Gasteiger partial charge in [0.2, 0.25) is 0 Å². The minimum atomic E-state index is -1.10. The number of carbonyl (C=O) groups is 1. The van der Waals surface area contributed by atoms with Crippen molar-refractivity contribution in [2.75, 3.05) is 7.11 Å². The summed E-state index contributed by atoms with van der Waals surface area (Å²) in [7, 11) is 1.53. The average molecular weight is 293 g/mol. The van der Waals surface area contributed by atoms with Gasteiger partial charge in [0.05, 0.1) is 7.11 Å². The van der Waals surface area contributed by atoms with Crippen molar-refractivity contribution in [3.8, 4) is 17.2 Å². The highest BCUT2D eigenvalue weighted by Gasteiger charge is 2.14. The zero-order chi connectivity index (χ0) is 14.7. The van der Waals surface area contributed by atoms with Gasteiger partial charge in [0.1, 0.15) is 11.3 Å². The van der Waals surface area contributed by atoms with E-state index >= 15 is 0 Å². The molecule has 0 aliphatic heterocycles. The van der Waals surface area contributed by atoms with E-state index in [9.17, 15) is 4.79 Å². The number of rotatable bonds is 4. The molecule has 0 spiro atoms. The smallest absolute Gasteiger partial charge is 0.339 e. The Morgan fingerprint density at radius 3 is 2.45 bits per heavy atom. The van der Waals surface area contributed by atoms with Crippen molar-refractivity contribution in [2.24, 2.45) is 0 Å². The second-order valence-electron chi connectivity index (χ2n) is 4.20. The van der Waals surface area contributed by atoms with Crippen molar-refractivity contribution >= 4 is 17.6 Å². The summed E-state index contributed by atoms with van der Waals surface area (Å²) in [6, 6.07) is 9.84. The Morgan fingerprint density at radius 1 is 1.10 bits per heavy atom. The number of methoxy groups -OCH3 is 1. The zero-order valence-corrected chi connectivity index (χ0v) is 11.8. The number of hydrogen-bond donors (Lipinski definition) is 1. The zero-order valence-electron chi connectivity index (χ0n) is 11.0. The third kappa shape index (κ3) is 3.03. The van der Waals surface area contributed by atoms with Crippen molar-refractivity contribution in [1.29, 1.82) is 0 Å². The first-order chi connectivity index (χ1) is 9.51. The molecule has 2 aromatic rings. The monoisotopic (exact) mass is 292 g/mol. The molecule has 0 atom stereocenters. The van der Waals surface area contributed by atoms with Gasteiger partial charge >= 0.3 is 5.97 Å². The van der Waals surface area contributed by atoms with E-state index in [1.807, 2.05) is 19.1 Å². The van der Waals surface area contributed by atoms with Crippen LogP contribution in [0.2, 0.25) is 5.02 Å². The lowest BCUT2D eigenvalue weighted by molar-refractivity contribution is 0.0694. The molecule has 5 heteroatoms. The molecular formula is C15H13ClO4. The van der Waals surface area contributed by atoms with Crippen molar-refractivity contribution in [3.63, 3.8) is 0 Å². The van der Waals surface area contributed by atoms with Crippen LogP contribution in [0.4, 0.5) is 0 Å². The van der Waals surface area contributed by atoms with Crippen LogP contribution in [0.1, 0.15) is 15.9 Å². The first-order valence-corrected chi connectivity index (χ1v) is 6.24. The van der Waals surface area contributed by atoms with Crippen LogP contribution in [-0.2, 0) is 0 Å². The maximum Gasteiger partial charge on any atom is 0.339 e. The predicted molar refractivity (Wildman–Crippen MR) is 76.2 cm³/mol. The van der Waals surface area contributed by atoms with E-state index in [1.54, 1.807) is 12.1 Å². The lowest BCUT2D eigenvalue weighted by atomic mass is 10.2. The number of carboxylic acid groups (broad SMARTS) is 1. The van der Waals surface area contributed by atoms with Crippen LogP contribution in [0, 0.1) is 6.92 Å². The summed E-state index contributed by atoms with van der Waals surface area (Å²) >= 11 is 5.80. The molecule has 0 unspecified atom stereocenters. The highest BCUT2D eigenvalue weighted by Crippen LogP contribution is 2.34. The van der Waals surface area contributed by atoms with Gasteiger partial charge in [-0.1, -0.05) is 17.7 Å². The Labute approximate surface area is 121 Å². The first-order valence-electron chi connectivity index (χ1n) is 5.86. The molecule has 1 N–H and O–H groups in total. The number of carboxylic acids is 1. The lowest BCUT2D eigenvalue weighted by Gasteiger charge is -2.12. The highest BCUT2D eigenvalue weighted by atomic mass is 35.5. The van der Waals surface area contributed by atoms with Crippen LogP contribution in [0.15, 0.2) is 36.4 Å². The van der Waals surface area contributed by atoms with Crippen LogP contribution in [0.3, 0.4) is 0 Å². The van der Waals surface area contributed by atoms with Crippen molar-refractivity contribution < 1.29 is 19.4 Å². The molecule has 2 aromatic carbocycles. The summed E-state index contributed by atoms with van der Waals surface area (Å²) in [5.74, 6) is 0.0943. The van der Waals surface area contributed by atoms with E-state index in [2.05, 4.69) is 0 Å². The number of aromatic carboxylic acids is 1. The Hall–Kier alpha value is -2.20. The van der Waals surface area contributed by atoms with Crippen molar-refractivity contribution in [2.45, 2.75) is 6.92 Å². The van der Waals surface area contributed by atoms with E-state index in [0.717, 1.165) is 5.56 Å². The fourth-order valence-electron chi connectivity index (χ4n) is 1.74. The second kappa shape index (κ2) is 5.84. The fourth-order valence-corrected chi connectivity index (χ4v) is 1.91. The van der Waals surface area contributed by atoms with Gasteiger partial charge in [-0.3, -0.25) is 0 Å². The fraction of sp³-hybridized carbons (Fsp3) is 0.133. The van der Waals surface area contributed by atoms with Gasteiger partial charge in [0.25, 0.3) is 0 Å². The number of halogens is 1. The summed E-state index contributed by atoms with van der Waals surface area (Å²) in [5.41, 5.74) is 1.02. The van der Waals surface area contributed by atoms with Gasteiger partial charge in [-0.25, -0.2) is 4.79 Å². The third-order valence-corrected chi connectivity index (χ3v) is 2.95. The highest BCUT2D eigenvalue weighted by molar-refractivity contribution is 6.31. The topological polar surface area (TPSA) is 55.8 Å². The molecule has 20 heavy (non-hydrogen) atoms. The molecule has 0 amide bonds. The number of ether oxygens (including phenoxy) is 2. The first kappa shape index (κ1) is 14.2. The summed E-state index contributed by atoms with van der Waals surface area (Å²) in [6.07, 6.45) is 0.